The topological polar surface area (TPSA) is 372 Å². The van der Waals surface area contributed by atoms with Crippen LogP contribution in [0, 0.1) is 5.82 Å². The maximum absolute atomic E-state index is 14.4. The normalized spacial score (nSPS) is 13.3. The molecule has 23 nitrogen and oxygen atoms in total. The quantitative estimate of drug-likeness (QED) is 0.0314. The third kappa shape index (κ3) is 18.2. The summed E-state index contributed by atoms with van der Waals surface area (Å²) in [6, 6.07) is 8.52. The fraction of sp³-hybridized carbons (Fsp3) is 0.370. The molecule has 0 bridgehead atoms. The maximum atomic E-state index is 14.4. The first-order chi connectivity index (χ1) is 33.6. The summed E-state index contributed by atoms with van der Waals surface area (Å²) >= 11 is 0. The van der Waals surface area contributed by atoms with Crippen molar-refractivity contribution in [3.8, 4) is 5.75 Å². The van der Waals surface area contributed by atoms with Crippen molar-refractivity contribution in [2.75, 3.05) is 13.2 Å². The van der Waals surface area contributed by atoms with E-state index in [0.717, 1.165) is 37.1 Å². The van der Waals surface area contributed by atoms with Crippen molar-refractivity contribution in [1.82, 2.24) is 36.3 Å². The number of para-hydroxylation sites is 1. The third-order valence-electron chi connectivity index (χ3n) is 10.6. The third-order valence-corrected chi connectivity index (χ3v) is 12.1. The number of H-pyrrole nitrogens is 1. The number of carbonyl (C=O) groups excluding carboxylic acids is 6. The molecule has 4 rings (SSSR count). The van der Waals surface area contributed by atoms with Crippen molar-refractivity contribution in [2.24, 2.45) is 5.73 Å². The molecule has 382 valence electrons. The van der Waals surface area contributed by atoms with Gasteiger partial charge in [0.15, 0.2) is 0 Å². The Morgan fingerprint density at radius 1 is 0.704 bits per heavy atom. The number of fused-ring (bicyclic) bond motifs is 1. The number of amides is 6. The first-order valence-corrected chi connectivity index (χ1v) is 23.6. The van der Waals surface area contributed by atoms with Crippen LogP contribution in [0.5, 0.6) is 5.75 Å². The van der Waals surface area contributed by atoms with E-state index in [1.54, 1.807) is 30.5 Å². The second-order valence-corrected chi connectivity index (χ2v) is 17.8. The van der Waals surface area contributed by atoms with Gasteiger partial charge in [0.1, 0.15) is 41.8 Å². The number of aromatic amines is 1. The van der Waals surface area contributed by atoms with Crippen LogP contribution in [0.4, 0.5) is 4.39 Å². The predicted molar refractivity (Wildman–Crippen MR) is 249 cm³/mol. The van der Waals surface area contributed by atoms with E-state index in [1.165, 1.54) is 24.3 Å². The van der Waals surface area contributed by atoms with Crippen molar-refractivity contribution in [2.45, 2.75) is 99.8 Å². The van der Waals surface area contributed by atoms with Gasteiger partial charge in [-0.15, -0.1) is 0 Å². The van der Waals surface area contributed by atoms with Gasteiger partial charge in [-0.3, -0.25) is 43.2 Å². The van der Waals surface area contributed by atoms with E-state index >= 15 is 0 Å². The molecule has 1 heterocycles. The number of hydrogen-bond donors (Lipinski definition) is 11. The van der Waals surface area contributed by atoms with Crippen LogP contribution >= 0.6 is 0 Å². The molecular weight excluding hydrogens is 956 g/mol. The SMILES string of the molecule is CCCCOc1ccc(S(=O)(=O)N[C@H](CC(=O)O)C(=O)N[C@@H](CCC(=O)O)C(=O)NCC(=O)N[C@@H](Cc2cccc(F)c2)C(=O)N[C@@H](Cc2c[nH]c3ccccc23)C(=O)N[C@@H](CCC(=O)O)C(N)=O)cc1. The average Bonchev–Trinajstić information content (AvgIpc) is 3.72. The first-order valence-electron chi connectivity index (χ1n) is 22.1. The number of carbonyl (C=O) groups is 9. The Kier molecular flexibility index (Phi) is 21.0. The van der Waals surface area contributed by atoms with Gasteiger partial charge in [0.05, 0.1) is 24.5 Å². The van der Waals surface area contributed by atoms with Crippen LogP contribution in [0.15, 0.2) is 83.9 Å². The number of ether oxygens (including phenoxy) is 1. The summed E-state index contributed by atoms with van der Waals surface area (Å²) in [6.07, 6.45) is -0.874. The summed E-state index contributed by atoms with van der Waals surface area (Å²) in [6.45, 7) is 1.38. The molecule has 0 aliphatic heterocycles. The molecule has 0 fully saturated rings. The standard InChI is InChI=1S/C46H55FN8O15S/c1-2-3-19-70-29-11-13-30(14-12-29)71(68,69)55-37(23-41(61)62)46(67)53-34(16-18-40(59)60)43(64)50-25-38(56)51-35(21-26-7-6-8-28(47)20-26)44(65)54-36(22-27-24-49-32-10-5-4-9-31(27)32)45(66)52-33(42(48)63)15-17-39(57)58/h4-14,20,24,33-37,49,55H,2-3,15-19,21-23,25H2,1H3,(H2,48,63)(H,50,64)(H,51,56)(H,52,66)(H,53,67)(H,54,65)(H,57,58)(H,59,60)(H,61,62)/t33-,34-,35-,36-,37+/m0/s1. The second-order valence-electron chi connectivity index (χ2n) is 16.1. The van der Waals surface area contributed by atoms with Gasteiger partial charge in [0.25, 0.3) is 0 Å². The molecule has 12 N–H and O–H groups in total. The highest BCUT2D eigenvalue weighted by Crippen LogP contribution is 2.20. The number of unbranched alkanes of at least 4 members (excludes halogenated alkanes) is 1. The molecule has 4 aromatic rings. The number of nitrogens with two attached hydrogens (primary N) is 1. The Balaban J connectivity index is 1.54. The van der Waals surface area contributed by atoms with Gasteiger partial charge >= 0.3 is 17.9 Å². The molecule has 25 heteroatoms. The van der Waals surface area contributed by atoms with Gasteiger partial charge in [-0.25, -0.2) is 12.8 Å². The average molecular weight is 1010 g/mol. The van der Waals surface area contributed by atoms with Crippen molar-refractivity contribution >= 4 is 74.3 Å². The minimum Gasteiger partial charge on any atom is -0.494 e. The van der Waals surface area contributed by atoms with Gasteiger partial charge < -0.3 is 57.4 Å². The summed E-state index contributed by atoms with van der Waals surface area (Å²) in [4.78, 5) is 118. The number of carboxylic acid groups (broad SMARTS) is 3. The number of rotatable bonds is 30. The number of sulfonamides is 1. The Morgan fingerprint density at radius 2 is 1.31 bits per heavy atom. The van der Waals surface area contributed by atoms with Crippen molar-refractivity contribution in [3.05, 3.63) is 95.9 Å². The van der Waals surface area contributed by atoms with Crippen LogP contribution < -0.4 is 41.8 Å². The zero-order valence-corrected chi connectivity index (χ0v) is 39.1. The molecule has 0 saturated heterocycles. The zero-order valence-electron chi connectivity index (χ0n) is 38.3. The number of aliphatic carboxylic acids is 3. The Bertz CT molecular complexity index is 2680. The fourth-order valence-corrected chi connectivity index (χ4v) is 8.14. The van der Waals surface area contributed by atoms with Gasteiger partial charge in [0, 0.05) is 42.8 Å². The van der Waals surface area contributed by atoms with Gasteiger partial charge in [-0.2, -0.15) is 4.72 Å². The summed E-state index contributed by atoms with van der Waals surface area (Å²) in [5.74, 6) is -11.3. The summed E-state index contributed by atoms with van der Waals surface area (Å²) in [5, 5.41) is 40.4. The summed E-state index contributed by atoms with van der Waals surface area (Å²) < 4.78 is 48.4. The highest BCUT2D eigenvalue weighted by Gasteiger charge is 2.33. The van der Waals surface area contributed by atoms with Crippen molar-refractivity contribution in [1.29, 1.82) is 0 Å². The van der Waals surface area contributed by atoms with Gasteiger partial charge in [-0.05, 0) is 72.9 Å². The van der Waals surface area contributed by atoms with Crippen LogP contribution in [0.25, 0.3) is 10.9 Å². The zero-order chi connectivity index (χ0) is 52.3. The van der Waals surface area contributed by atoms with E-state index in [0.29, 0.717) is 28.8 Å². The molecule has 0 spiro atoms. The number of carboxylic acids is 3. The molecule has 0 aliphatic carbocycles. The monoisotopic (exact) mass is 1010 g/mol. The minimum absolute atomic E-state index is 0.186. The Labute approximate surface area is 405 Å². The molecule has 0 aliphatic rings. The highest BCUT2D eigenvalue weighted by atomic mass is 32.2. The van der Waals surface area contributed by atoms with Gasteiger partial charge in [0.2, 0.25) is 45.5 Å². The first kappa shape index (κ1) is 55.7. The minimum atomic E-state index is -4.58. The van der Waals surface area contributed by atoms with Crippen LogP contribution in [0.3, 0.4) is 0 Å². The van der Waals surface area contributed by atoms with E-state index in [-0.39, 0.29) is 23.3 Å². The lowest BCUT2D eigenvalue weighted by atomic mass is 10.0. The lowest BCUT2D eigenvalue weighted by molar-refractivity contribution is -0.140. The molecular formula is C46H55FN8O15S. The molecule has 0 saturated carbocycles. The number of primary amides is 1. The molecule has 71 heavy (non-hydrogen) atoms. The predicted octanol–water partition coefficient (Wildman–Crippen LogP) is 0.363. The Morgan fingerprint density at radius 3 is 1.93 bits per heavy atom. The van der Waals surface area contributed by atoms with Crippen LogP contribution in [0.2, 0.25) is 0 Å². The maximum Gasteiger partial charge on any atom is 0.305 e. The number of halogens is 1. The summed E-state index contributed by atoms with van der Waals surface area (Å²) in [7, 11) is -4.58. The lowest BCUT2D eigenvalue weighted by Crippen LogP contribution is -2.58. The number of nitrogens with one attached hydrogen (secondary N) is 7. The largest absolute Gasteiger partial charge is 0.494 e. The van der Waals surface area contributed by atoms with Crippen LogP contribution in [-0.2, 0) is 66.0 Å². The molecule has 0 radical (unpaired) electrons. The molecule has 1 aromatic heterocycles. The van der Waals surface area contributed by atoms with Crippen LogP contribution in [-0.4, -0.2) is 125 Å². The molecule has 6 amide bonds. The fourth-order valence-electron chi connectivity index (χ4n) is 6.95. The highest BCUT2D eigenvalue weighted by molar-refractivity contribution is 7.89. The van der Waals surface area contributed by atoms with Crippen molar-refractivity contribution in [3.63, 3.8) is 0 Å². The van der Waals surface area contributed by atoms with E-state index < -0.39 is 138 Å². The van der Waals surface area contributed by atoms with Crippen LogP contribution in [0.1, 0.15) is 63.0 Å². The number of hydrogen-bond acceptors (Lipinski definition) is 12. The smallest absolute Gasteiger partial charge is 0.305 e. The lowest BCUT2D eigenvalue weighted by Gasteiger charge is -2.25. The molecule has 0 unspecified atom stereocenters. The molecule has 3 aromatic carbocycles. The van der Waals surface area contributed by atoms with Gasteiger partial charge in [-0.1, -0.05) is 43.7 Å². The number of aromatic nitrogens is 1. The van der Waals surface area contributed by atoms with Crippen molar-refractivity contribution < 1.29 is 76.0 Å². The second kappa shape index (κ2) is 26.7. The number of benzene rings is 3. The summed E-state index contributed by atoms with van der Waals surface area (Å²) in [5.41, 5.74) is 6.83. The Hall–Kier alpha value is -7.93. The molecule has 5 atom stereocenters. The van der Waals surface area contributed by atoms with E-state index in [9.17, 15) is 71.3 Å². The van der Waals surface area contributed by atoms with E-state index in [2.05, 4.69) is 31.6 Å². The van der Waals surface area contributed by atoms with E-state index in [4.69, 9.17) is 10.5 Å². The van der Waals surface area contributed by atoms with E-state index in [1.807, 2.05) is 11.6 Å².